The van der Waals surface area contributed by atoms with Gasteiger partial charge in [0.05, 0.1) is 17.6 Å². The van der Waals surface area contributed by atoms with Crippen molar-refractivity contribution >= 4 is 5.78 Å². The summed E-state index contributed by atoms with van der Waals surface area (Å²) in [4.78, 5) is 12.4. The standard InChI is InChI=1S/C16H18N2O/c1-9(2)12-5-4-10(3)11-6-13(19)16(8-18)14(11)15(12,16)7-17/h6,9-10,12,14H,4-5H2,1-3H3/t10-,12+,14-,15+,16-/m1/s1. The summed E-state index contributed by atoms with van der Waals surface area (Å²) in [5, 5.41) is 19.4. The van der Waals surface area contributed by atoms with E-state index in [0.29, 0.717) is 11.8 Å². The van der Waals surface area contributed by atoms with Crippen LogP contribution >= 0.6 is 0 Å². The summed E-state index contributed by atoms with van der Waals surface area (Å²) < 4.78 is 0. The van der Waals surface area contributed by atoms with E-state index in [4.69, 9.17) is 0 Å². The fourth-order valence-corrected chi connectivity index (χ4v) is 4.77. The summed E-state index contributed by atoms with van der Waals surface area (Å²) in [5.74, 6) is 0.557. The second-order valence-electron chi connectivity index (χ2n) is 6.67. The van der Waals surface area contributed by atoms with E-state index in [2.05, 4.69) is 32.9 Å². The van der Waals surface area contributed by atoms with Crippen LogP contribution in [0.25, 0.3) is 0 Å². The molecule has 0 amide bonds. The van der Waals surface area contributed by atoms with Gasteiger partial charge in [-0.15, -0.1) is 0 Å². The van der Waals surface area contributed by atoms with E-state index >= 15 is 0 Å². The summed E-state index contributed by atoms with van der Waals surface area (Å²) in [6, 6.07) is 4.65. The lowest BCUT2D eigenvalue weighted by Crippen LogP contribution is -2.30. The van der Waals surface area contributed by atoms with Gasteiger partial charge in [0.25, 0.3) is 0 Å². The molecule has 0 radical (unpaired) electrons. The third-order valence-electron chi connectivity index (χ3n) is 5.71. The molecule has 0 saturated heterocycles. The first kappa shape index (κ1) is 12.4. The molecular formula is C16H18N2O. The molecule has 3 nitrogen and oxygen atoms in total. The van der Waals surface area contributed by atoms with Crippen molar-refractivity contribution in [2.75, 3.05) is 0 Å². The van der Waals surface area contributed by atoms with Gasteiger partial charge in [0.15, 0.2) is 5.78 Å². The maximum Gasteiger partial charge on any atom is 0.178 e. The number of fused-ring (bicyclic) bond motifs is 1. The molecule has 0 aromatic carbocycles. The first-order chi connectivity index (χ1) is 8.97. The van der Waals surface area contributed by atoms with Crippen LogP contribution in [0, 0.1) is 57.2 Å². The molecule has 3 aliphatic carbocycles. The third kappa shape index (κ3) is 1.07. The van der Waals surface area contributed by atoms with E-state index in [9.17, 15) is 15.3 Å². The Hall–Kier alpha value is -1.61. The van der Waals surface area contributed by atoms with Crippen molar-refractivity contribution in [2.24, 2.45) is 34.5 Å². The summed E-state index contributed by atoms with van der Waals surface area (Å²) >= 11 is 0. The predicted molar refractivity (Wildman–Crippen MR) is 69.4 cm³/mol. The third-order valence-corrected chi connectivity index (χ3v) is 5.71. The molecule has 0 spiro atoms. The van der Waals surface area contributed by atoms with Crippen molar-refractivity contribution in [1.82, 2.24) is 0 Å². The van der Waals surface area contributed by atoms with E-state index in [1.165, 1.54) is 0 Å². The summed E-state index contributed by atoms with van der Waals surface area (Å²) in [5.41, 5.74) is -0.737. The van der Waals surface area contributed by atoms with Crippen LogP contribution in [-0.2, 0) is 4.79 Å². The molecule has 2 saturated carbocycles. The number of hydrogen-bond acceptors (Lipinski definition) is 3. The second kappa shape index (κ2) is 3.48. The highest BCUT2D eigenvalue weighted by Crippen LogP contribution is 2.81. The van der Waals surface area contributed by atoms with Gasteiger partial charge in [-0.1, -0.05) is 26.3 Å². The largest absolute Gasteiger partial charge is 0.293 e. The number of nitrogens with zero attached hydrogens (tertiary/aromatic N) is 2. The highest BCUT2D eigenvalue weighted by atomic mass is 16.1. The minimum atomic E-state index is -1.05. The molecule has 19 heavy (non-hydrogen) atoms. The van der Waals surface area contributed by atoms with Gasteiger partial charge >= 0.3 is 0 Å². The molecule has 0 aromatic rings. The van der Waals surface area contributed by atoms with Crippen LogP contribution in [0.5, 0.6) is 0 Å². The van der Waals surface area contributed by atoms with E-state index < -0.39 is 10.8 Å². The number of allylic oxidation sites excluding steroid dienone is 2. The maximum absolute atomic E-state index is 12.4. The van der Waals surface area contributed by atoms with E-state index in [1.807, 2.05) is 0 Å². The quantitative estimate of drug-likeness (QED) is 0.722. The number of ketones is 1. The van der Waals surface area contributed by atoms with Crippen molar-refractivity contribution in [3.05, 3.63) is 11.6 Å². The zero-order valence-electron chi connectivity index (χ0n) is 11.6. The Kier molecular flexibility index (Phi) is 2.28. The molecule has 3 aliphatic rings. The molecule has 0 bridgehead atoms. The average molecular weight is 254 g/mol. The van der Waals surface area contributed by atoms with Crippen LogP contribution in [0.4, 0.5) is 0 Å². The van der Waals surface area contributed by atoms with Gasteiger partial charge < -0.3 is 0 Å². The van der Waals surface area contributed by atoms with Crippen molar-refractivity contribution in [1.29, 1.82) is 10.5 Å². The van der Waals surface area contributed by atoms with E-state index in [0.717, 1.165) is 18.4 Å². The first-order valence-electron chi connectivity index (χ1n) is 7.05. The highest BCUT2D eigenvalue weighted by molar-refractivity contribution is 6.07. The van der Waals surface area contributed by atoms with Crippen LogP contribution in [-0.4, -0.2) is 5.78 Å². The average Bonchev–Trinajstić information content (AvgIpc) is 2.88. The molecule has 2 fully saturated rings. The smallest absolute Gasteiger partial charge is 0.178 e. The fraction of sp³-hybridized carbons (Fsp3) is 0.688. The van der Waals surface area contributed by atoms with Crippen molar-refractivity contribution in [2.45, 2.75) is 33.6 Å². The molecule has 3 heteroatoms. The number of carbonyl (C=O) groups excluding carboxylic acids is 1. The minimum absolute atomic E-state index is 0.115. The zero-order chi connectivity index (χ0) is 14.0. The molecule has 0 aromatic heterocycles. The van der Waals surface area contributed by atoms with Gasteiger partial charge in [-0.05, 0) is 36.7 Å². The summed E-state index contributed by atoms with van der Waals surface area (Å²) in [6.07, 6.45) is 3.62. The second-order valence-corrected chi connectivity index (χ2v) is 6.67. The monoisotopic (exact) mass is 254 g/mol. The van der Waals surface area contributed by atoms with Gasteiger partial charge in [-0.25, -0.2) is 0 Å². The van der Waals surface area contributed by atoms with Gasteiger partial charge in [0.2, 0.25) is 0 Å². The molecule has 3 rings (SSSR count). The lowest BCUT2D eigenvalue weighted by molar-refractivity contribution is -0.118. The Morgan fingerprint density at radius 3 is 2.53 bits per heavy atom. The summed E-state index contributed by atoms with van der Waals surface area (Å²) in [7, 11) is 0. The Balaban J connectivity index is 2.22. The Morgan fingerprint density at radius 2 is 2.00 bits per heavy atom. The van der Waals surface area contributed by atoms with Crippen LogP contribution < -0.4 is 0 Å². The Morgan fingerprint density at radius 1 is 1.32 bits per heavy atom. The van der Waals surface area contributed by atoms with Crippen LogP contribution in [0.2, 0.25) is 0 Å². The number of nitriles is 2. The predicted octanol–water partition coefficient (Wildman–Crippen LogP) is 2.85. The molecule has 0 aliphatic heterocycles. The first-order valence-corrected chi connectivity index (χ1v) is 7.05. The molecule has 0 heterocycles. The zero-order valence-corrected chi connectivity index (χ0v) is 11.6. The topological polar surface area (TPSA) is 64.7 Å². The molecule has 98 valence electrons. The lowest BCUT2D eigenvalue weighted by Gasteiger charge is -2.27. The van der Waals surface area contributed by atoms with Crippen molar-refractivity contribution in [3.63, 3.8) is 0 Å². The van der Waals surface area contributed by atoms with Crippen molar-refractivity contribution < 1.29 is 4.79 Å². The van der Waals surface area contributed by atoms with Gasteiger partial charge in [-0.2, -0.15) is 10.5 Å². The van der Waals surface area contributed by atoms with E-state index in [-0.39, 0.29) is 17.6 Å². The molecule has 0 unspecified atom stereocenters. The van der Waals surface area contributed by atoms with Gasteiger partial charge in [0.1, 0.15) is 5.41 Å². The molecular weight excluding hydrogens is 236 g/mol. The summed E-state index contributed by atoms with van der Waals surface area (Å²) in [6.45, 7) is 6.33. The van der Waals surface area contributed by atoms with E-state index in [1.54, 1.807) is 6.08 Å². The minimum Gasteiger partial charge on any atom is -0.293 e. The number of rotatable bonds is 1. The maximum atomic E-state index is 12.4. The van der Waals surface area contributed by atoms with Crippen LogP contribution in [0.15, 0.2) is 11.6 Å². The number of carbonyl (C=O) groups is 1. The normalized spacial score (nSPS) is 46.9. The highest BCUT2D eigenvalue weighted by Gasteiger charge is 2.87. The van der Waals surface area contributed by atoms with Crippen LogP contribution in [0.3, 0.4) is 0 Å². The Bertz CT molecular complexity index is 577. The molecule has 5 atom stereocenters. The number of hydrogen-bond donors (Lipinski definition) is 0. The Labute approximate surface area is 113 Å². The van der Waals surface area contributed by atoms with Gasteiger partial charge in [0, 0.05) is 5.92 Å². The van der Waals surface area contributed by atoms with Gasteiger partial charge in [-0.3, -0.25) is 4.79 Å². The lowest BCUT2D eigenvalue weighted by atomic mass is 9.73. The van der Waals surface area contributed by atoms with Crippen molar-refractivity contribution in [3.8, 4) is 12.1 Å². The van der Waals surface area contributed by atoms with Crippen LogP contribution in [0.1, 0.15) is 33.6 Å². The fourth-order valence-electron chi connectivity index (χ4n) is 4.77. The SMILES string of the molecule is CC(C)[C@@H]1CC[C@@H](C)C2=CC(=O)[C@]3(C#N)[C@H]2[C@]13C#N. The molecule has 0 N–H and O–H groups in total.